The van der Waals surface area contributed by atoms with Crippen LogP contribution < -0.4 is 21.1 Å². The van der Waals surface area contributed by atoms with Crippen molar-refractivity contribution in [1.29, 1.82) is 0 Å². The molecule has 4 heteroatoms. The molecule has 0 unspecified atom stereocenters. The van der Waals surface area contributed by atoms with E-state index in [1.165, 1.54) is 0 Å². The molecule has 168 valence electrons. The van der Waals surface area contributed by atoms with Gasteiger partial charge < -0.3 is 0 Å². The number of hydrogen-bond acceptors (Lipinski definition) is 1. The predicted octanol–water partition coefficient (Wildman–Crippen LogP) is 5.90. The molecule has 0 N–H and O–H groups in total. The number of benzene rings is 5. The van der Waals surface area contributed by atoms with Crippen LogP contribution in [-0.2, 0) is 0 Å². The Hall–Kier alpha value is -2.96. The van der Waals surface area contributed by atoms with E-state index in [0.717, 1.165) is 17.4 Å². The van der Waals surface area contributed by atoms with Crippen LogP contribution in [0.3, 0.4) is 0 Å². The van der Waals surface area contributed by atoms with E-state index in [9.17, 15) is 0 Å². The van der Waals surface area contributed by atoms with E-state index >= 15 is 0 Å². The number of rotatable bonds is 6. The molecule has 0 bridgehead atoms. The van der Waals surface area contributed by atoms with Crippen LogP contribution in [0.15, 0.2) is 140 Å². The third kappa shape index (κ3) is 3.65. The fourth-order valence-electron chi connectivity index (χ4n) is 4.75. The Bertz CT molecular complexity index is 1200. The minimum atomic E-state index is -4.60. The van der Waals surface area contributed by atoms with E-state index in [1.807, 2.05) is 36.4 Å². The van der Waals surface area contributed by atoms with Gasteiger partial charge >= 0.3 is 212 Å². The van der Waals surface area contributed by atoms with Gasteiger partial charge in [-0.25, -0.2) is 0 Å². The van der Waals surface area contributed by atoms with Gasteiger partial charge in [0.05, 0.1) is 0 Å². The molecule has 0 saturated carbocycles. The van der Waals surface area contributed by atoms with Crippen LogP contribution in [0.4, 0.5) is 0 Å². The molecule has 0 aromatic heterocycles. The van der Waals surface area contributed by atoms with E-state index in [2.05, 4.69) is 97.1 Å². The Morgan fingerprint density at radius 3 is 1.00 bits per heavy atom. The van der Waals surface area contributed by atoms with Gasteiger partial charge in [-0.05, 0) is 0 Å². The molecule has 0 aliphatic heterocycles. The molecule has 5 rings (SSSR count). The Balaban J connectivity index is 2.03. The van der Waals surface area contributed by atoms with Crippen molar-refractivity contribution in [1.82, 2.24) is 0 Å². The summed E-state index contributed by atoms with van der Waals surface area (Å²) in [5.41, 5.74) is 0. The molecule has 0 radical (unpaired) electrons. The minimum absolute atomic E-state index is 0.537. The van der Waals surface area contributed by atoms with Crippen LogP contribution >= 0.6 is 23.2 Å². The van der Waals surface area contributed by atoms with Gasteiger partial charge in [0.1, 0.15) is 0 Å². The number of halogens is 2. The van der Waals surface area contributed by atoms with Crippen LogP contribution in [0.5, 0.6) is 5.75 Å². The van der Waals surface area contributed by atoms with Gasteiger partial charge in [0, 0.05) is 0 Å². The van der Waals surface area contributed by atoms with Crippen molar-refractivity contribution in [3.63, 3.8) is 0 Å². The summed E-state index contributed by atoms with van der Waals surface area (Å²) in [5.74, 6) is 0.643. The van der Waals surface area contributed by atoms with Gasteiger partial charge in [-0.3, -0.25) is 0 Å². The summed E-state index contributed by atoms with van der Waals surface area (Å²) in [5, 5.41) is 1.07. The summed E-state index contributed by atoms with van der Waals surface area (Å²) in [4.78, 5) is 0. The molecule has 0 saturated heterocycles. The first-order valence-corrected chi connectivity index (χ1v) is 16.3. The Morgan fingerprint density at radius 1 is 0.412 bits per heavy atom. The Kier molecular flexibility index (Phi) is 6.28. The maximum absolute atomic E-state index is 7.51. The first-order valence-electron chi connectivity index (χ1n) is 11.0. The molecule has 0 aliphatic carbocycles. The molecular weight excluding hydrogens is 522 g/mol. The molecule has 34 heavy (non-hydrogen) atoms. The molecule has 0 amide bonds. The third-order valence-corrected chi connectivity index (χ3v) is 18.5. The Morgan fingerprint density at radius 2 is 0.706 bits per heavy atom. The Labute approximate surface area is 211 Å². The normalized spacial score (nSPS) is 12.5. The summed E-state index contributed by atoms with van der Waals surface area (Å²) in [6.07, 6.45) is 0. The zero-order valence-corrected chi connectivity index (χ0v) is 21.8. The van der Waals surface area contributed by atoms with Crippen molar-refractivity contribution in [2.45, 2.75) is 0 Å². The first kappa shape index (κ1) is 22.8. The number of hydrogen-bond donors (Lipinski definition) is 0. The van der Waals surface area contributed by atoms with E-state index in [4.69, 9.17) is 26.9 Å². The van der Waals surface area contributed by atoms with Crippen molar-refractivity contribution in [3.8, 4) is 5.75 Å². The summed E-state index contributed by atoms with van der Waals surface area (Å²) in [7, 11) is 0. The molecular formula is C30H23AsCl2O. The van der Waals surface area contributed by atoms with Crippen molar-refractivity contribution < 1.29 is 3.73 Å². The predicted molar refractivity (Wildman–Crippen MR) is 147 cm³/mol. The molecule has 0 aliphatic rings. The molecule has 0 fully saturated rings. The van der Waals surface area contributed by atoms with Crippen LogP contribution in [0.25, 0.3) is 0 Å². The average Bonchev–Trinajstić information content (AvgIpc) is 2.89. The van der Waals surface area contributed by atoms with E-state index in [-0.39, 0.29) is 0 Å². The van der Waals surface area contributed by atoms with Crippen LogP contribution in [0.1, 0.15) is 0 Å². The monoisotopic (exact) mass is 544 g/mol. The summed E-state index contributed by atoms with van der Waals surface area (Å²) >= 11 is 8.33. The quantitative estimate of drug-likeness (QED) is 0.242. The van der Waals surface area contributed by atoms with Gasteiger partial charge in [0.2, 0.25) is 0 Å². The van der Waals surface area contributed by atoms with Crippen molar-refractivity contribution in [3.05, 3.63) is 150 Å². The molecule has 1 nitrogen and oxygen atoms in total. The summed E-state index contributed by atoms with van der Waals surface area (Å²) in [6, 6.07) is 47.7. The second kappa shape index (κ2) is 9.35. The molecule has 0 atom stereocenters. The van der Waals surface area contributed by atoms with Gasteiger partial charge in [-0.15, -0.1) is 0 Å². The van der Waals surface area contributed by atoms with E-state index in [0.29, 0.717) is 15.8 Å². The van der Waals surface area contributed by atoms with Crippen molar-refractivity contribution in [2.24, 2.45) is 0 Å². The molecule has 5 aromatic carbocycles. The van der Waals surface area contributed by atoms with Crippen LogP contribution in [0, 0.1) is 0 Å². The average molecular weight is 545 g/mol. The van der Waals surface area contributed by atoms with Gasteiger partial charge in [-0.2, -0.15) is 0 Å². The molecule has 0 spiro atoms. The third-order valence-electron chi connectivity index (χ3n) is 6.12. The fraction of sp³-hybridized carbons (Fsp3) is 0. The zero-order valence-electron chi connectivity index (χ0n) is 18.4. The zero-order chi connectivity index (χ0) is 23.5. The second-order valence-corrected chi connectivity index (χ2v) is 18.0. The van der Waals surface area contributed by atoms with Gasteiger partial charge in [-0.1, -0.05) is 0 Å². The van der Waals surface area contributed by atoms with Crippen molar-refractivity contribution in [2.75, 3.05) is 0 Å². The van der Waals surface area contributed by atoms with Gasteiger partial charge in [0.25, 0.3) is 0 Å². The topological polar surface area (TPSA) is 9.23 Å². The SMILES string of the molecule is Clc1cc(Cl)cc(O[As](c2ccccc2)(c2ccccc2)(c2ccccc2)c2ccccc2)c1. The van der Waals surface area contributed by atoms with E-state index in [1.54, 1.807) is 6.07 Å². The molecule has 0 heterocycles. The van der Waals surface area contributed by atoms with Crippen molar-refractivity contribution >= 4 is 53.4 Å². The summed E-state index contributed by atoms with van der Waals surface area (Å²) < 4.78 is 12.1. The maximum atomic E-state index is 7.51. The summed E-state index contributed by atoms with van der Waals surface area (Å²) in [6.45, 7) is 0. The van der Waals surface area contributed by atoms with E-state index < -0.39 is 12.8 Å². The first-order chi connectivity index (χ1) is 16.6. The van der Waals surface area contributed by atoms with Crippen LogP contribution in [-0.4, -0.2) is 12.8 Å². The van der Waals surface area contributed by atoms with Crippen LogP contribution in [0.2, 0.25) is 10.0 Å². The standard InChI is InChI=1S/C30H23AsCl2O/c32-28-21-29(33)23-30(22-28)34-31(24-13-5-1-6-14-24,25-15-7-2-8-16-25,26-17-9-3-10-18-26)27-19-11-4-12-20-27/h1-23H. The molecule has 5 aromatic rings. The van der Waals surface area contributed by atoms with Gasteiger partial charge in [0.15, 0.2) is 0 Å². The second-order valence-electron chi connectivity index (χ2n) is 8.07. The fourth-order valence-corrected chi connectivity index (χ4v) is 17.2.